The quantitative estimate of drug-likeness (QED) is 0.0542. The topological polar surface area (TPSA) is 147 Å². The third-order valence-electron chi connectivity index (χ3n) is 6.96. The number of carbonyl (C=O) groups is 5. The molecule has 0 radical (unpaired) electrons. The number of carboxylic acid groups (broad SMARTS) is 2. The van der Waals surface area contributed by atoms with Crippen molar-refractivity contribution in [3.05, 3.63) is 60.8 Å². The predicted octanol–water partition coefficient (Wildman–Crippen LogP) is 7.29. The zero-order valence-corrected chi connectivity index (χ0v) is 27.8. The largest absolute Gasteiger partial charge is 0.481 e. The van der Waals surface area contributed by atoms with Crippen LogP contribution in [0.25, 0.3) is 0 Å². The number of hydrogen-bond donors (Lipinski definition) is 3. The highest BCUT2D eigenvalue weighted by atomic mass is 16.6. The highest BCUT2D eigenvalue weighted by Crippen LogP contribution is 2.25. The first kappa shape index (κ1) is 41.2. The highest BCUT2D eigenvalue weighted by Gasteiger charge is 2.48. The molecule has 1 amide bonds. The lowest BCUT2D eigenvalue weighted by molar-refractivity contribution is -0.177. The third-order valence-corrected chi connectivity index (χ3v) is 6.96. The first-order valence-electron chi connectivity index (χ1n) is 16.1. The van der Waals surface area contributed by atoms with Gasteiger partial charge in [-0.25, -0.2) is 0 Å². The zero-order chi connectivity index (χ0) is 34.1. The fourth-order valence-corrected chi connectivity index (χ4v) is 4.38. The van der Waals surface area contributed by atoms with E-state index in [1.807, 2.05) is 39.0 Å². The molecule has 0 aromatic carbocycles. The Morgan fingerprint density at radius 2 is 1.20 bits per heavy atom. The summed E-state index contributed by atoms with van der Waals surface area (Å²) < 4.78 is 5.35. The number of ether oxygens (including phenoxy) is 1. The van der Waals surface area contributed by atoms with Crippen molar-refractivity contribution in [3.63, 3.8) is 0 Å². The van der Waals surface area contributed by atoms with E-state index in [1.165, 1.54) is 0 Å². The van der Waals surface area contributed by atoms with Gasteiger partial charge in [-0.05, 0) is 63.7 Å². The number of hydrogen-bond acceptors (Lipinski definition) is 6. The number of unbranched alkanes of at least 4 members (excludes halogenated alkanes) is 1. The van der Waals surface area contributed by atoms with E-state index < -0.39 is 48.3 Å². The smallest absolute Gasteiger partial charge is 0.308 e. The number of amides is 1. The van der Waals surface area contributed by atoms with Crippen LogP contribution in [0.3, 0.4) is 0 Å². The monoisotopic (exact) mass is 629 g/mol. The van der Waals surface area contributed by atoms with Crippen LogP contribution in [-0.4, -0.2) is 51.5 Å². The van der Waals surface area contributed by atoms with Gasteiger partial charge in [-0.3, -0.25) is 24.0 Å². The van der Waals surface area contributed by atoms with Crippen LogP contribution in [-0.2, 0) is 28.7 Å². The summed E-state index contributed by atoms with van der Waals surface area (Å²) in [6.07, 6.45) is 24.8. The molecule has 3 N–H and O–H groups in total. The molecule has 0 rings (SSSR count). The molecule has 0 aromatic rings. The van der Waals surface area contributed by atoms with Crippen LogP contribution >= 0.6 is 0 Å². The summed E-state index contributed by atoms with van der Waals surface area (Å²) in [5.74, 6) is -5.61. The summed E-state index contributed by atoms with van der Waals surface area (Å²) >= 11 is 0. The number of allylic oxidation sites excluding steroid dienone is 10. The standard InChI is InChI=1S/C36H55NO8/c1-6-8-9-10-11-12-13-14-15-16-17-18-19-20-21-22-23-24-33(42)45-36(26-31(38)39,27-32(40)41)35(44)37-30(25-28(3)4)34(43)29(5)7-2/h8-9,11-12,14-15,17-18,20-21,28-30H,6-7,10,13,16,19,22-27H2,1-5H3,(H,37,44)(H,38,39)(H,40,41)/b9-8-,12-11-,15-14-,18-17-,21-20-/t29?,30-/m0/s1. The van der Waals surface area contributed by atoms with Gasteiger partial charge in [0.05, 0.1) is 18.9 Å². The van der Waals surface area contributed by atoms with E-state index in [0.29, 0.717) is 19.3 Å². The molecule has 0 heterocycles. The molecule has 0 aliphatic heterocycles. The number of aliphatic carboxylic acids is 2. The summed E-state index contributed by atoms with van der Waals surface area (Å²) in [5.41, 5.74) is -2.49. The second-order valence-corrected chi connectivity index (χ2v) is 11.6. The van der Waals surface area contributed by atoms with Gasteiger partial charge in [0.2, 0.25) is 5.60 Å². The van der Waals surface area contributed by atoms with Crippen molar-refractivity contribution < 1.29 is 38.9 Å². The van der Waals surface area contributed by atoms with Crippen LogP contribution in [0, 0.1) is 11.8 Å². The SMILES string of the molecule is CC/C=C\C/C=C\C/C=C\C/C=C\C/C=C\CCCC(=O)OC(CC(=O)O)(CC(=O)O)C(=O)N[C@@H](CC(C)C)C(=O)C(C)CC. The highest BCUT2D eigenvalue weighted by molar-refractivity contribution is 5.98. The minimum absolute atomic E-state index is 0.00941. The minimum atomic E-state index is -2.49. The number of esters is 1. The second kappa shape index (κ2) is 24.6. The van der Waals surface area contributed by atoms with Crippen molar-refractivity contribution in [1.29, 1.82) is 0 Å². The lowest BCUT2D eigenvalue weighted by Crippen LogP contribution is -2.57. The normalized spacial score (nSPS) is 13.8. The molecule has 9 nitrogen and oxygen atoms in total. The lowest BCUT2D eigenvalue weighted by atomic mass is 9.89. The number of Topliss-reactive ketones (excluding diaryl/α,β-unsaturated/α-hetero) is 1. The second-order valence-electron chi connectivity index (χ2n) is 11.6. The van der Waals surface area contributed by atoms with Gasteiger partial charge in [0.15, 0.2) is 5.78 Å². The Hall–Kier alpha value is -3.75. The molecule has 0 spiro atoms. The Morgan fingerprint density at radius 3 is 1.62 bits per heavy atom. The van der Waals surface area contributed by atoms with Crippen LogP contribution in [0.1, 0.15) is 112 Å². The summed E-state index contributed by atoms with van der Waals surface area (Å²) in [5, 5.41) is 21.6. The van der Waals surface area contributed by atoms with Crippen LogP contribution < -0.4 is 5.32 Å². The fourth-order valence-electron chi connectivity index (χ4n) is 4.38. The maximum Gasteiger partial charge on any atom is 0.308 e. The maximum atomic E-state index is 13.4. The third kappa shape index (κ3) is 20.0. The van der Waals surface area contributed by atoms with Crippen molar-refractivity contribution >= 4 is 29.6 Å². The summed E-state index contributed by atoms with van der Waals surface area (Å²) in [4.78, 5) is 62.5. The van der Waals surface area contributed by atoms with Gasteiger partial charge in [-0.15, -0.1) is 0 Å². The molecule has 0 aliphatic carbocycles. The zero-order valence-electron chi connectivity index (χ0n) is 27.8. The number of nitrogens with one attached hydrogen (secondary N) is 1. The molecule has 252 valence electrons. The molecule has 9 heteroatoms. The summed E-state index contributed by atoms with van der Waals surface area (Å²) in [7, 11) is 0. The lowest BCUT2D eigenvalue weighted by Gasteiger charge is -2.32. The van der Waals surface area contributed by atoms with Crippen molar-refractivity contribution in [1.82, 2.24) is 5.32 Å². The molecule has 1 unspecified atom stereocenters. The van der Waals surface area contributed by atoms with E-state index >= 15 is 0 Å². The molecule has 0 fully saturated rings. The molecule has 0 aliphatic rings. The van der Waals surface area contributed by atoms with Crippen LogP contribution in [0.4, 0.5) is 0 Å². The molecule has 2 atom stereocenters. The van der Waals surface area contributed by atoms with Crippen LogP contribution in [0.15, 0.2) is 60.8 Å². The average Bonchev–Trinajstić information content (AvgIpc) is 2.96. The minimum Gasteiger partial charge on any atom is -0.481 e. The van der Waals surface area contributed by atoms with E-state index in [0.717, 1.165) is 32.1 Å². The Bertz CT molecular complexity index is 1050. The number of ketones is 1. The van der Waals surface area contributed by atoms with Crippen molar-refractivity contribution in [2.24, 2.45) is 11.8 Å². The Labute approximate surface area is 269 Å². The first-order valence-corrected chi connectivity index (χ1v) is 16.1. The summed E-state index contributed by atoms with van der Waals surface area (Å²) in [6.45, 7) is 9.40. The Balaban J connectivity index is 5.07. The van der Waals surface area contributed by atoms with Gasteiger partial charge in [0.25, 0.3) is 5.91 Å². The van der Waals surface area contributed by atoms with Crippen LogP contribution in [0.5, 0.6) is 0 Å². The average molecular weight is 630 g/mol. The molecule has 0 bridgehead atoms. The fraction of sp³-hybridized carbons (Fsp3) is 0.583. The Morgan fingerprint density at radius 1 is 0.733 bits per heavy atom. The van der Waals surface area contributed by atoms with E-state index in [4.69, 9.17) is 4.74 Å². The molecule has 45 heavy (non-hydrogen) atoms. The van der Waals surface area contributed by atoms with Crippen molar-refractivity contribution in [3.8, 4) is 0 Å². The van der Waals surface area contributed by atoms with Gasteiger partial charge in [0.1, 0.15) is 0 Å². The molecule has 0 saturated heterocycles. The first-order chi connectivity index (χ1) is 21.4. The summed E-state index contributed by atoms with van der Waals surface area (Å²) in [6, 6.07) is -0.969. The van der Waals surface area contributed by atoms with Gasteiger partial charge in [-0.2, -0.15) is 0 Å². The van der Waals surface area contributed by atoms with Crippen molar-refractivity contribution in [2.45, 2.75) is 123 Å². The van der Waals surface area contributed by atoms with Crippen molar-refractivity contribution in [2.75, 3.05) is 0 Å². The number of carboxylic acids is 2. The van der Waals surface area contributed by atoms with Gasteiger partial charge < -0.3 is 20.3 Å². The van der Waals surface area contributed by atoms with Gasteiger partial charge in [-0.1, -0.05) is 95.4 Å². The number of rotatable bonds is 25. The Kier molecular flexibility index (Phi) is 22.5. The molecule has 0 aromatic heterocycles. The van der Waals surface area contributed by atoms with Crippen LogP contribution in [0.2, 0.25) is 0 Å². The molecule has 0 saturated carbocycles. The van der Waals surface area contributed by atoms with E-state index in [-0.39, 0.29) is 30.5 Å². The maximum absolute atomic E-state index is 13.4. The predicted molar refractivity (Wildman–Crippen MR) is 177 cm³/mol. The van der Waals surface area contributed by atoms with Gasteiger partial charge in [0, 0.05) is 12.3 Å². The number of carbonyl (C=O) groups excluding carboxylic acids is 3. The van der Waals surface area contributed by atoms with Gasteiger partial charge >= 0.3 is 17.9 Å². The molecular formula is C36H55NO8. The van der Waals surface area contributed by atoms with E-state index in [2.05, 4.69) is 54.8 Å². The van der Waals surface area contributed by atoms with E-state index in [9.17, 15) is 34.2 Å². The van der Waals surface area contributed by atoms with E-state index in [1.54, 1.807) is 6.92 Å². The molecular weight excluding hydrogens is 574 g/mol.